The van der Waals surface area contributed by atoms with Crippen molar-refractivity contribution in [3.05, 3.63) is 49.5 Å². The molecule has 146 valence electrons. The van der Waals surface area contributed by atoms with Crippen molar-refractivity contribution in [1.29, 1.82) is 0 Å². The highest BCUT2D eigenvalue weighted by Crippen LogP contribution is 2.21. The van der Waals surface area contributed by atoms with Crippen LogP contribution < -0.4 is 11.0 Å². The Kier molecular flexibility index (Phi) is 8.66. The van der Waals surface area contributed by atoms with E-state index in [2.05, 4.69) is 20.2 Å². The van der Waals surface area contributed by atoms with Gasteiger partial charge in [0.1, 0.15) is 11.3 Å². The third-order valence-electron chi connectivity index (χ3n) is 3.18. The largest absolute Gasteiger partial charge is 0.507 e. The number of hydrazone groups is 1. The zero-order chi connectivity index (χ0) is 20.6. The highest BCUT2D eigenvalue weighted by molar-refractivity contribution is 7.71. The average Bonchev–Trinajstić information content (AvgIpc) is 2.64. The van der Waals surface area contributed by atoms with Crippen LogP contribution in [0.25, 0.3) is 0 Å². The fraction of sp³-hybridized carbons (Fsp3) is 0.250. The molecule has 2 aromatic rings. The number of methoxy groups -OCH3 is 1. The summed E-state index contributed by atoms with van der Waals surface area (Å²) in [6, 6.07) is 3.95. The minimum atomic E-state index is -0.735. The van der Waals surface area contributed by atoms with E-state index in [0.717, 1.165) is 12.8 Å². The van der Waals surface area contributed by atoms with Crippen molar-refractivity contribution in [2.45, 2.75) is 6.92 Å². The number of aromatic nitrogens is 2. The van der Waals surface area contributed by atoms with Gasteiger partial charge in [0.15, 0.2) is 4.77 Å². The van der Waals surface area contributed by atoms with E-state index < -0.39 is 17.3 Å². The number of halogens is 1. The number of aromatic amines is 1. The lowest BCUT2D eigenvalue weighted by Gasteiger charge is -2.05. The molecule has 2 rings (SSSR count). The number of nitrogens with one attached hydrogen (secondary N) is 2. The highest BCUT2D eigenvalue weighted by atomic mass is 35.5. The molecule has 1 amide bonds. The van der Waals surface area contributed by atoms with Gasteiger partial charge in [-0.05, 0) is 37.3 Å². The van der Waals surface area contributed by atoms with Crippen LogP contribution in [0, 0.1) is 4.77 Å². The van der Waals surface area contributed by atoms with E-state index in [9.17, 15) is 19.8 Å². The molecule has 0 spiro atoms. The van der Waals surface area contributed by atoms with Crippen LogP contribution in [0.2, 0.25) is 5.02 Å². The van der Waals surface area contributed by atoms with Gasteiger partial charge in [0.2, 0.25) is 5.88 Å². The predicted octanol–water partition coefficient (Wildman–Crippen LogP) is 1.92. The van der Waals surface area contributed by atoms with E-state index in [1.807, 2.05) is 6.92 Å². The second kappa shape index (κ2) is 10.5. The summed E-state index contributed by atoms with van der Waals surface area (Å²) >= 11 is 10.6. The normalized spacial score (nSPS) is 10.4. The summed E-state index contributed by atoms with van der Waals surface area (Å²) in [5.41, 5.74) is 1.19. The number of H-pyrrole nitrogens is 1. The molecule has 0 fully saturated rings. The van der Waals surface area contributed by atoms with E-state index in [1.54, 1.807) is 7.11 Å². The molecule has 0 aliphatic rings. The van der Waals surface area contributed by atoms with Crippen molar-refractivity contribution in [2.24, 2.45) is 12.1 Å². The van der Waals surface area contributed by atoms with Crippen molar-refractivity contribution in [3.8, 4) is 11.6 Å². The number of benzene rings is 1. The molecule has 0 unspecified atom stereocenters. The van der Waals surface area contributed by atoms with Crippen LogP contribution >= 0.6 is 23.8 Å². The minimum absolute atomic E-state index is 0.0394. The molecule has 0 aliphatic heterocycles. The summed E-state index contributed by atoms with van der Waals surface area (Å²) in [5.74, 6) is -1.41. The minimum Gasteiger partial charge on any atom is -0.507 e. The first-order chi connectivity index (χ1) is 12.7. The van der Waals surface area contributed by atoms with Crippen LogP contribution in [0.15, 0.2) is 28.1 Å². The Balaban J connectivity index is 0.000000828. The van der Waals surface area contributed by atoms with Crippen molar-refractivity contribution in [3.63, 3.8) is 0 Å². The smallest absolute Gasteiger partial charge is 0.275 e. The maximum atomic E-state index is 11.9. The van der Waals surface area contributed by atoms with Gasteiger partial charge in [-0.2, -0.15) is 5.10 Å². The number of ether oxygens (including phenoxy) is 1. The zero-order valence-corrected chi connectivity index (χ0v) is 16.4. The predicted molar refractivity (Wildman–Crippen MR) is 104 cm³/mol. The molecule has 4 N–H and O–H groups in total. The molecule has 0 atom stereocenters. The lowest BCUT2D eigenvalue weighted by atomic mass is 10.2. The molecule has 27 heavy (non-hydrogen) atoms. The van der Waals surface area contributed by atoms with Gasteiger partial charge in [-0.25, -0.2) is 5.43 Å². The maximum Gasteiger partial charge on any atom is 0.275 e. The van der Waals surface area contributed by atoms with E-state index >= 15 is 0 Å². The summed E-state index contributed by atoms with van der Waals surface area (Å²) < 4.78 is 5.75. The third kappa shape index (κ3) is 6.20. The van der Waals surface area contributed by atoms with E-state index in [1.165, 1.54) is 29.8 Å². The lowest BCUT2D eigenvalue weighted by Crippen LogP contribution is -2.21. The average molecular weight is 415 g/mol. The first-order valence-electron chi connectivity index (χ1n) is 7.56. The van der Waals surface area contributed by atoms with Crippen molar-refractivity contribution >= 4 is 35.9 Å². The number of hydrogen-bond donors (Lipinski definition) is 4. The standard InChI is InChI=1S/C13H11ClN4O4S.C3H8O/c1-18-12(22)8(10(20)16-13(18)23)5-15-17-11(21)7-4-6(14)2-3-9(7)19;1-3-4-2/h2-5,19,22H,1H3,(H,17,21)(H,16,20,23);3H2,1-2H3/b15-5+;. The Hall–Kier alpha value is -2.69. The highest BCUT2D eigenvalue weighted by Gasteiger charge is 2.12. The van der Waals surface area contributed by atoms with Crippen LogP contribution in [0.1, 0.15) is 22.8 Å². The number of nitrogens with zero attached hydrogens (tertiary/aromatic N) is 2. The van der Waals surface area contributed by atoms with Gasteiger partial charge in [-0.3, -0.25) is 19.1 Å². The lowest BCUT2D eigenvalue weighted by molar-refractivity contribution is 0.0952. The molecule has 1 aromatic heterocycles. The number of phenols is 1. The van der Waals surface area contributed by atoms with Gasteiger partial charge >= 0.3 is 0 Å². The summed E-state index contributed by atoms with van der Waals surface area (Å²) in [5, 5.41) is 23.3. The van der Waals surface area contributed by atoms with Crippen molar-refractivity contribution < 1.29 is 19.7 Å². The molecule has 0 aliphatic carbocycles. The Morgan fingerprint density at radius 2 is 2.11 bits per heavy atom. The summed E-state index contributed by atoms with van der Waals surface area (Å²) in [7, 11) is 3.13. The maximum absolute atomic E-state index is 11.9. The SMILES string of the molecule is CCOC.Cn1c(O)c(/C=N/NC(=O)c2cc(Cl)ccc2O)c(=O)[nH]c1=S. The molecule has 1 heterocycles. The Morgan fingerprint density at radius 1 is 1.48 bits per heavy atom. The Morgan fingerprint density at radius 3 is 2.70 bits per heavy atom. The number of aromatic hydroxyl groups is 2. The molecule has 0 radical (unpaired) electrons. The van der Waals surface area contributed by atoms with Crippen LogP contribution in [0.4, 0.5) is 0 Å². The summed E-state index contributed by atoms with van der Waals surface area (Å²) in [6.45, 7) is 2.78. The molecular weight excluding hydrogens is 396 g/mol. The van der Waals surface area contributed by atoms with E-state index in [-0.39, 0.29) is 26.7 Å². The molecule has 0 saturated heterocycles. The van der Waals surface area contributed by atoms with Gasteiger partial charge in [-0.1, -0.05) is 11.6 Å². The summed E-state index contributed by atoms with van der Waals surface area (Å²) in [4.78, 5) is 25.9. The number of carbonyl (C=O) groups is 1. The van der Waals surface area contributed by atoms with Crippen LogP contribution in [-0.4, -0.2) is 45.6 Å². The molecule has 9 nitrogen and oxygen atoms in total. The van der Waals surface area contributed by atoms with Crippen LogP contribution in [-0.2, 0) is 11.8 Å². The van der Waals surface area contributed by atoms with Crippen LogP contribution in [0.5, 0.6) is 11.6 Å². The van der Waals surface area contributed by atoms with Gasteiger partial charge in [-0.15, -0.1) is 0 Å². The molecule has 1 aromatic carbocycles. The number of rotatable bonds is 4. The zero-order valence-electron chi connectivity index (χ0n) is 14.8. The second-order valence-corrected chi connectivity index (χ2v) is 5.82. The Bertz CT molecular complexity index is 953. The fourth-order valence-electron chi connectivity index (χ4n) is 1.65. The topological polar surface area (TPSA) is 129 Å². The monoisotopic (exact) mass is 414 g/mol. The quantitative estimate of drug-likeness (QED) is 0.343. The molecule has 11 heteroatoms. The fourth-order valence-corrected chi connectivity index (χ4v) is 2.00. The number of phenolic OH excluding ortho intramolecular Hbond substituents is 1. The second-order valence-electron chi connectivity index (χ2n) is 4.99. The number of carbonyl (C=O) groups excluding carboxylic acids is 1. The number of amides is 1. The van der Waals surface area contributed by atoms with Crippen molar-refractivity contribution in [2.75, 3.05) is 13.7 Å². The molecular formula is C16H19ClN4O5S. The Labute approximate surface area is 164 Å². The third-order valence-corrected chi connectivity index (χ3v) is 3.79. The van der Waals surface area contributed by atoms with Gasteiger partial charge < -0.3 is 14.9 Å². The van der Waals surface area contributed by atoms with Gasteiger partial charge in [0.05, 0.1) is 11.8 Å². The van der Waals surface area contributed by atoms with Gasteiger partial charge in [0.25, 0.3) is 11.5 Å². The number of hydrogen-bond acceptors (Lipinski definition) is 7. The van der Waals surface area contributed by atoms with E-state index in [0.29, 0.717) is 0 Å². The first kappa shape index (κ1) is 22.4. The van der Waals surface area contributed by atoms with Crippen molar-refractivity contribution in [1.82, 2.24) is 15.0 Å². The van der Waals surface area contributed by atoms with E-state index in [4.69, 9.17) is 23.8 Å². The molecule has 0 saturated carbocycles. The van der Waals surface area contributed by atoms with Crippen LogP contribution in [0.3, 0.4) is 0 Å². The molecule has 0 bridgehead atoms. The summed E-state index contributed by atoms with van der Waals surface area (Å²) in [6.07, 6.45) is 0.961. The first-order valence-corrected chi connectivity index (χ1v) is 8.34. The van der Waals surface area contributed by atoms with Gasteiger partial charge in [0, 0.05) is 25.8 Å².